The predicted octanol–water partition coefficient (Wildman–Crippen LogP) is 4.03. The molecule has 138 valence electrons. The van der Waals surface area contributed by atoms with Gasteiger partial charge in [0.25, 0.3) is 0 Å². The molecule has 2 N–H and O–H groups in total. The fourth-order valence-corrected chi connectivity index (χ4v) is 1.66. The number of hydrogen-bond donors (Lipinski definition) is 2. The highest BCUT2D eigenvalue weighted by molar-refractivity contribution is 5.81. The lowest BCUT2D eigenvalue weighted by molar-refractivity contribution is -0.136. The molecule has 0 saturated heterocycles. The summed E-state index contributed by atoms with van der Waals surface area (Å²) in [6, 6.07) is 20.0. The number of carboxylic acid groups (broad SMARTS) is 1. The van der Waals surface area contributed by atoms with Crippen LogP contribution < -0.4 is 5.32 Å². The van der Waals surface area contributed by atoms with E-state index in [1.807, 2.05) is 66.9 Å². The van der Waals surface area contributed by atoms with Crippen molar-refractivity contribution in [1.29, 1.82) is 0 Å². The number of hydrogen-bond acceptors (Lipinski definition) is 4. The first kappa shape index (κ1) is 20.9. The summed E-state index contributed by atoms with van der Waals surface area (Å²) < 4.78 is 4.77. The van der Waals surface area contributed by atoms with E-state index >= 15 is 0 Å². The van der Waals surface area contributed by atoms with Gasteiger partial charge in [0, 0.05) is 6.21 Å². The van der Waals surface area contributed by atoms with E-state index in [9.17, 15) is 9.59 Å². The monoisotopic (exact) mass is 356 g/mol. The second kappa shape index (κ2) is 10.7. The molecule has 6 heteroatoms. The van der Waals surface area contributed by atoms with Crippen molar-refractivity contribution in [3.8, 4) is 0 Å². The molecule has 0 fully saturated rings. The van der Waals surface area contributed by atoms with E-state index in [2.05, 4.69) is 10.3 Å². The first-order valence-electron chi connectivity index (χ1n) is 8.09. The summed E-state index contributed by atoms with van der Waals surface area (Å²) in [5.41, 5.74) is 1.51. The Bertz CT molecular complexity index is 666. The fraction of sp³-hybridized carbons (Fsp3) is 0.250. The number of para-hydroxylation sites is 1. The normalized spacial score (nSPS) is 10.6. The number of aliphatic carboxylic acids is 1. The van der Waals surface area contributed by atoms with Gasteiger partial charge in [-0.15, -0.1) is 0 Å². The van der Waals surface area contributed by atoms with Crippen molar-refractivity contribution in [3.63, 3.8) is 0 Å². The Hall–Kier alpha value is -3.15. The summed E-state index contributed by atoms with van der Waals surface area (Å²) in [5, 5.41) is 10.3. The Morgan fingerprint density at radius 2 is 1.58 bits per heavy atom. The quantitative estimate of drug-likeness (QED) is 0.810. The molecule has 1 amide bonds. The number of carbonyl (C=O) groups excluding carboxylic acids is 1. The molecule has 0 aromatic heterocycles. The lowest BCUT2D eigenvalue weighted by Gasteiger charge is -2.19. The smallest absolute Gasteiger partial charge is 0.408 e. The zero-order valence-corrected chi connectivity index (χ0v) is 15.2. The summed E-state index contributed by atoms with van der Waals surface area (Å²) in [5.74, 6) is -1.10. The lowest BCUT2D eigenvalue weighted by Crippen LogP contribution is -2.35. The van der Waals surface area contributed by atoms with Crippen LogP contribution in [0.15, 0.2) is 65.7 Å². The molecule has 0 unspecified atom stereocenters. The van der Waals surface area contributed by atoms with Crippen molar-refractivity contribution in [1.82, 2.24) is 5.32 Å². The number of benzene rings is 2. The molecule has 0 saturated carbocycles. The highest BCUT2D eigenvalue weighted by atomic mass is 16.6. The molecule has 0 spiro atoms. The third-order valence-electron chi connectivity index (χ3n) is 2.70. The number of ether oxygens (including phenoxy) is 1. The van der Waals surface area contributed by atoms with Gasteiger partial charge in [-0.1, -0.05) is 48.5 Å². The maximum absolute atomic E-state index is 10.8. The molecule has 0 heterocycles. The summed E-state index contributed by atoms with van der Waals surface area (Å²) in [4.78, 5) is 25.1. The summed E-state index contributed by atoms with van der Waals surface area (Å²) in [6.45, 7) is 4.68. The number of rotatable bonds is 4. The SMILES string of the molecule is C(=Nc1ccccc1)c1ccccc1.CC(C)(C)OC(=O)NCC(=O)O. The van der Waals surface area contributed by atoms with E-state index in [4.69, 9.17) is 9.84 Å². The minimum Gasteiger partial charge on any atom is -0.480 e. The minimum atomic E-state index is -1.10. The van der Waals surface area contributed by atoms with Crippen LogP contribution >= 0.6 is 0 Å². The molecular weight excluding hydrogens is 332 g/mol. The number of aliphatic imine (C=N–C) groups is 1. The summed E-state index contributed by atoms with van der Waals surface area (Å²) in [6.07, 6.45) is 1.15. The van der Waals surface area contributed by atoms with Gasteiger partial charge >= 0.3 is 12.1 Å². The van der Waals surface area contributed by atoms with Crippen molar-refractivity contribution in [2.24, 2.45) is 4.99 Å². The number of nitrogens with zero attached hydrogens (tertiary/aromatic N) is 1. The number of alkyl carbamates (subject to hydrolysis) is 1. The van der Waals surface area contributed by atoms with Crippen molar-refractivity contribution < 1.29 is 19.4 Å². The summed E-state index contributed by atoms with van der Waals surface area (Å²) in [7, 11) is 0. The van der Waals surface area contributed by atoms with Gasteiger partial charge in [0.15, 0.2) is 0 Å². The van der Waals surface area contributed by atoms with Gasteiger partial charge in [-0.05, 0) is 38.5 Å². The third kappa shape index (κ3) is 10.6. The third-order valence-corrected chi connectivity index (χ3v) is 2.70. The predicted molar refractivity (Wildman–Crippen MR) is 102 cm³/mol. The zero-order chi connectivity index (χ0) is 19.4. The van der Waals surface area contributed by atoms with E-state index in [-0.39, 0.29) is 0 Å². The van der Waals surface area contributed by atoms with Gasteiger partial charge in [0.05, 0.1) is 5.69 Å². The van der Waals surface area contributed by atoms with E-state index < -0.39 is 24.2 Å². The average molecular weight is 356 g/mol. The van der Waals surface area contributed by atoms with Crippen LogP contribution in [0.5, 0.6) is 0 Å². The van der Waals surface area contributed by atoms with Gasteiger partial charge < -0.3 is 15.2 Å². The van der Waals surface area contributed by atoms with Crippen molar-refractivity contribution in [2.75, 3.05) is 6.54 Å². The van der Waals surface area contributed by atoms with Crippen LogP contribution in [0, 0.1) is 0 Å². The van der Waals surface area contributed by atoms with Crippen LogP contribution in [-0.4, -0.2) is 35.5 Å². The molecule has 0 atom stereocenters. The summed E-state index contributed by atoms with van der Waals surface area (Å²) >= 11 is 0. The molecule has 26 heavy (non-hydrogen) atoms. The van der Waals surface area contributed by atoms with E-state index in [0.29, 0.717) is 0 Å². The Balaban J connectivity index is 0.000000265. The molecular formula is C20H24N2O4. The number of nitrogens with one attached hydrogen (secondary N) is 1. The maximum atomic E-state index is 10.8. The van der Waals surface area contributed by atoms with Crippen LogP contribution in [0.4, 0.5) is 10.5 Å². The first-order chi connectivity index (χ1) is 12.3. The maximum Gasteiger partial charge on any atom is 0.408 e. The van der Waals surface area contributed by atoms with Crippen LogP contribution in [0.1, 0.15) is 26.3 Å². The standard InChI is InChI=1S/C13H11N.C7H13NO4/c1-3-7-12(8-4-1)11-14-13-9-5-2-6-10-13;1-7(2,3)12-6(11)8-4-5(9)10/h1-11H;4H2,1-3H3,(H,8,11)(H,9,10). The Morgan fingerprint density at radius 3 is 2.08 bits per heavy atom. The average Bonchev–Trinajstić information content (AvgIpc) is 2.59. The molecule has 0 aliphatic heterocycles. The topological polar surface area (TPSA) is 88.0 Å². The Kier molecular flexibility index (Phi) is 8.57. The van der Waals surface area contributed by atoms with Crippen molar-refractivity contribution in [3.05, 3.63) is 66.2 Å². The highest BCUT2D eigenvalue weighted by Crippen LogP contribution is 2.09. The molecule has 2 aromatic rings. The largest absolute Gasteiger partial charge is 0.480 e. The second-order valence-electron chi connectivity index (χ2n) is 6.25. The van der Waals surface area contributed by atoms with E-state index in [1.165, 1.54) is 0 Å². The number of carboxylic acids is 1. The van der Waals surface area contributed by atoms with Crippen LogP contribution in [0.2, 0.25) is 0 Å². The molecule has 2 rings (SSSR count). The van der Waals surface area contributed by atoms with E-state index in [0.717, 1.165) is 11.3 Å². The van der Waals surface area contributed by atoms with Crippen molar-refractivity contribution >= 4 is 24.0 Å². The van der Waals surface area contributed by atoms with E-state index in [1.54, 1.807) is 20.8 Å². The Morgan fingerprint density at radius 1 is 1.04 bits per heavy atom. The molecule has 0 aliphatic carbocycles. The minimum absolute atomic E-state index is 0.422. The zero-order valence-electron chi connectivity index (χ0n) is 15.2. The van der Waals surface area contributed by atoms with Crippen molar-refractivity contribution in [2.45, 2.75) is 26.4 Å². The first-order valence-corrected chi connectivity index (χ1v) is 8.09. The molecule has 6 nitrogen and oxygen atoms in total. The number of carbonyl (C=O) groups is 2. The number of amides is 1. The van der Waals surface area contributed by atoms with Crippen LogP contribution in [0.3, 0.4) is 0 Å². The van der Waals surface area contributed by atoms with Crippen LogP contribution in [-0.2, 0) is 9.53 Å². The van der Waals surface area contributed by atoms with Gasteiger partial charge in [-0.3, -0.25) is 9.79 Å². The second-order valence-corrected chi connectivity index (χ2v) is 6.25. The lowest BCUT2D eigenvalue weighted by atomic mass is 10.2. The fourth-order valence-electron chi connectivity index (χ4n) is 1.66. The van der Waals surface area contributed by atoms with Gasteiger partial charge in [0.1, 0.15) is 12.1 Å². The molecule has 0 aliphatic rings. The highest BCUT2D eigenvalue weighted by Gasteiger charge is 2.16. The van der Waals surface area contributed by atoms with Gasteiger partial charge in [-0.25, -0.2) is 4.79 Å². The van der Waals surface area contributed by atoms with Gasteiger partial charge in [0.2, 0.25) is 0 Å². The molecule has 0 radical (unpaired) electrons. The Labute approximate surface area is 153 Å². The molecule has 2 aromatic carbocycles. The van der Waals surface area contributed by atoms with Crippen LogP contribution in [0.25, 0.3) is 0 Å². The van der Waals surface area contributed by atoms with Gasteiger partial charge in [-0.2, -0.15) is 0 Å². The molecule has 0 bridgehead atoms.